The number of unbranched alkanes of at least 4 members (excludes halogenated alkanes) is 4. The molecule has 0 aliphatic heterocycles. The molecule has 0 aliphatic carbocycles. The van der Waals surface area contributed by atoms with Crippen LogP contribution in [0.15, 0.2) is 0 Å². The third-order valence-electron chi connectivity index (χ3n) is 4.65. The van der Waals surface area contributed by atoms with Gasteiger partial charge in [0.05, 0.1) is 0 Å². The van der Waals surface area contributed by atoms with Gasteiger partial charge in [0.1, 0.15) is 0 Å². The molecule has 0 aromatic heterocycles. The number of hydrogen-bond acceptors (Lipinski definition) is 6. The molecule has 0 fully saturated rings. The van der Waals surface area contributed by atoms with Crippen LogP contribution in [0.5, 0.6) is 0 Å². The van der Waals surface area contributed by atoms with Gasteiger partial charge in [-0.15, -0.1) is 0 Å². The third kappa shape index (κ3) is 18.3. The van der Waals surface area contributed by atoms with E-state index in [1.165, 1.54) is 0 Å². The van der Waals surface area contributed by atoms with Crippen LogP contribution < -0.4 is 0 Å². The summed E-state index contributed by atoms with van der Waals surface area (Å²) in [4.78, 5) is 0. The molecule has 0 atom stereocenters. The van der Waals surface area contributed by atoms with E-state index in [1.54, 1.807) is 0 Å². The fourth-order valence-corrected chi connectivity index (χ4v) is 7.14. The predicted molar refractivity (Wildman–Crippen MR) is 132 cm³/mol. The van der Waals surface area contributed by atoms with Crippen LogP contribution in [0.1, 0.15) is 113 Å². The van der Waals surface area contributed by atoms with Crippen LogP contribution in [-0.2, 0) is 26.2 Å². The average Bonchev–Trinajstić information content (AvgIpc) is 2.71. The Hall–Kier alpha value is 0.194. The van der Waals surface area contributed by atoms with E-state index in [0.29, 0.717) is 33.0 Å². The lowest BCUT2D eigenvalue weighted by Crippen LogP contribution is -2.54. The van der Waals surface area contributed by atoms with Gasteiger partial charge in [-0.3, -0.25) is 0 Å². The van der Waals surface area contributed by atoms with E-state index >= 15 is 0 Å². The lowest BCUT2D eigenvalue weighted by Gasteiger charge is -2.31. The Balaban J connectivity index is 5.29. The van der Waals surface area contributed by atoms with Crippen molar-refractivity contribution in [3.63, 3.8) is 0 Å². The summed E-state index contributed by atoms with van der Waals surface area (Å²) in [6.45, 7) is 18.3. The molecule has 0 rings (SSSR count). The monoisotopic (exact) mass is 480 g/mol. The van der Waals surface area contributed by atoms with E-state index < -0.39 is 18.6 Å². The fourth-order valence-electron chi connectivity index (χ4n) is 2.59. The Kier molecular flexibility index (Phi) is 19.8. The van der Waals surface area contributed by atoms with Crippen molar-refractivity contribution in [2.75, 3.05) is 33.0 Å². The first-order chi connectivity index (χ1) is 14.8. The van der Waals surface area contributed by atoms with Gasteiger partial charge in [-0.1, -0.05) is 74.1 Å². The molecule has 0 amide bonds. The van der Waals surface area contributed by atoms with Crippen LogP contribution in [0.4, 0.5) is 0 Å². The molecule has 0 radical (unpaired) electrons. The van der Waals surface area contributed by atoms with Gasteiger partial charge in [0.2, 0.25) is 0 Å². The highest BCUT2D eigenvalue weighted by Crippen LogP contribution is 2.22. The van der Waals surface area contributed by atoms with Crippen LogP contribution >= 0.6 is 0 Å². The second-order valence-corrected chi connectivity index (χ2v) is 13.3. The molecule has 31 heavy (non-hydrogen) atoms. The SMILES string of the molecule is CCCCO[SiH](OCCCC)O[Si](OCCCC)(OCCCC)OCCCC(C)(C)C. The second kappa shape index (κ2) is 19.6. The summed E-state index contributed by atoms with van der Waals surface area (Å²) in [6, 6.07) is 0. The second-order valence-electron chi connectivity index (χ2n) is 9.27. The van der Waals surface area contributed by atoms with Gasteiger partial charge in [0, 0.05) is 33.0 Å². The van der Waals surface area contributed by atoms with Gasteiger partial charge in [-0.05, 0) is 43.9 Å². The minimum atomic E-state index is -3.34. The van der Waals surface area contributed by atoms with Crippen molar-refractivity contribution < 1.29 is 26.2 Å². The Labute approximate surface area is 196 Å². The molecular weight excluding hydrogens is 428 g/mol. The largest absolute Gasteiger partial charge is 0.672 e. The quantitative estimate of drug-likeness (QED) is 0.134. The van der Waals surface area contributed by atoms with E-state index in [1.807, 2.05) is 0 Å². The topological polar surface area (TPSA) is 55.4 Å². The van der Waals surface area contributed by atoms with Crippen LogP contribution in [0.3, 0.4) is 0 Å². The average molecular weight is 481 g/mol. The van der Waals surface area contributed by atoms with Gasteiger partial charge in [-0.25, -0.2) is 0 Å². The molecule has 0 bridgehead atoms. The van der Waals surface area contributed by atoms with Crippen molar-refractivity contribution in [2.45, 2.75) is 113 Å². The summed E-state index contributed by atoms with van der Waals surface area (Å²) in [5.41, 5.74) is 0.268. The van der Waals surface area contributed by atoms with Crippen molar-refractivity contribution >= 4 is 18.6 Å². The minimum absolute atomic E-state index is 0.268. The normalized spacial score (nSPS) is 12.8. The van der Waals surface area contributed by atoms with Crippen molar-refractivity contribution in [2.24, 2.45) is 5.41 Å². The molecule has 0 heterocycles. The summed E-state index contributed by atoms with van der Waals surface area (Å²) in [7, 11) is -5.76. The summed E-state index contributed by atoms with van der Waals surface area (Å²) < 4.78 is 37.3. The standard InChI is InChI=1S/C23H52O6Si2/c1-8-12-18-24-30(25-19-13-9-2)29-31(26-20-14-10-3,27-21-15-11-4)28-22-16-17-23(5,6)7/h30H,8-22H2,1-7H3. The van der Waals surface area contributed by atoms with Gasteiger partial charge in [-0.2, -0.15) is 0 Å². The van der Waals surface area contributed by atoms with E-state index in [2.05, 4.69) is 48.5 Å². The van der Waals surface area contributed by atoms with E-state index in [4.69, 9.17) is 26.2 Å². The minimum Gasteiger partial charge on any atom is -0.376 e. The van der Waals surface area contributed by atoms with Gasteiger partial charge in [0.25, 0.3) is 0 Å². The van der Waals surface area contributed by atoms with Crippen LogP contribution in [0.2, 0.25) is 0 Å². The lowest BCUT2D eigenvalue weighted by molar-refractivity contribution is -0.0238. The summed E-state index contributed by atoms with van der Waals surface area (Å²) in [5.74, 6) is 0. The van der Waals surface area contributed by atoms with Crippen molar-refractivity contribution in [3.8, 4) is 0 Å². The molecule has 188 valence electrons. The molecule has 8 heteroatoms. The Morgan fingerprint density at radius 2 is 0.968 bits per heavy atom. The first-order valence-corrected chi connectivity index (χ1v) is 15.7. The van der Waals surface area contributed by atoms with E-state index in [9.17, 15) is 0 Å². The predicted octanol–water partition coefficient (Wildman–Crippen LogP) is 6.27. The maximum atomic E-state index is 6.42. The van der Waals surface area contributed by atoms with Gasteiger partial charge < -0.3 is 26.2 Å². The zero-order valence-electron chi connectivity index (χ0n) is 21.6. The lowest BCUT2D eigenvalue weighted by atomic mass is 9.91. The summed E-state index contributed by atoms with van der Waals surface area (Å²) in [6.07, 6.45) is 10.1. The molecule has 6 nitrogen and oxygen atoms in total. The highest BCUT2D eigenvalue weighted by molar-refractivity contribution is 6.62. The maximum Gasteiger partial charge on any atom is 0.672 e. The van der Waals surface area contributed by atoms with Crippen LogP contribution in [0.25, 0.3) is 0 Å². The van der Waals surface area contributed by atoms with Crippen molar-refractivity contribution in [1.29, 1.82) is 0 Å². The summed E-state index contributed by atoms with van der Waals surface area (Å²) in [5, 5.41) is 0. The molecule has 0 saturated carbocycles. The fraction of sp³-hybridized carbons (Fsp3) is 1.00. The first kappa shape index (κ1) is 31.2. The maximum absolute atomic E-state index is 6.42. The van der Waals surface area contributed by atoms with Crippen molar-refractivity contribution in [1.82, 2.24) is 0 Å². The number of rotatable bonds is 22. The Bertz CT molecular complexity index is 373. The smallest absolute Gasteiger partial charge is 0.376 e. The highest BCUT2D eigenvalue weighted by atomic mass is 28.5. The number of hydrogen-bond donors (Lipinski definition) is 0. The van der Waals surface area contributed by atoms with Gasteiger partial charge in [0.15, 0.2) is 0 Å². The van der Waals surface area contributed by atoms with E-state index in [0.717, 1.165) is 64.2 Å². The van der Waals surface area contributed by atoms with Crippen LogP contribution in [0, 0.1) is 5.41 Å². The Morgan fingerprint density at radius 1 is 0.581 bits per heavy atom. The molecule has 0 aliphatic rings. The highest BCUT2D eigenvalue weighted by Gasteiger charge is 2.49. The Morgan fingerprint density at radius 3 is 1.35 bits per heavy atom. The molecule has 0 aromatic rings. The molecular formula is C23H52O6Si2. The molecule has 0 saturated heterocycles. The van der Waals surface area contributed by atoms with E-state index in [-0.39, 0.29) is 5.41 Å². The zero-order chi connectivity index (χ0) is 23.4. The molecule has 0 unspecified atom stereocenters. The first-order valence-electron chi connectivity index (χ1n) is 12.6. The third-order valence-corrected chi connectivity index (χ3v) is 9.26. The summed E-state index contributed by atoms with van der Waals surface area (Å²) >= 11 is 0. The molecule has 0 aromatic carbocycles. The zero-order valence-corrected chi connectivity index (χ0v) is 23.8. The molecule has 0 spiro atoms. The van der Waals surface area contributed by atoms with Gasteiger partial charge >= 0.3 is 18.6 Å². The van der Waals surface area contributed by atoms with Crippen molar-refractivity contribution in [3.05, 3.63) is 0 Å². The molecule has 0 N–H and O–H groups in total. The van der Waals surface area contributed by atoms with Crippen LogP contribution in [-0.4, -0.2) is 51.6 Å².